The van der Waals surface area contributed by atoms with Gasteiger partial charge in [-0.2, -0.15) is 0 Å². The maximum atomic E-state index is 10.6. The number of unbranched alkanes of at least 4 members (excludes halogenated alkanes) is 2. The molecule has 0 amide bonds. The molecule has 0 saturated heterocycles. The molecule has 2 atom stereocenters. The first-order valence-electron chi connectivity index (χ1n) is 9.39. The lowest BCUT2D eigenvalue weighted by Gasteiger charge is -2.53. The molecule has 0 radical (unpaired) electrons. The first-order valence-corrected chi connectivity index (χ1v) is 9.39. The van der Waals surface area contributed by atoms with Crippen LogP contribution in [0.25, 0.3) is 0 Å². The van der Waals surface area contributed by atoms with E-state index in [0.717, 1.165) is 30.6 Å². The highest BCUT2D eigenvalue weighted by Gasteiger charge is 2.51. The van der Waals surface area contributed by atoms with Crippen molar-refractivity contribution in [3.8, 4) is 11.5 Å². The molecule has 3 rings (SSSR count). The predicted octanol–water partition coefficient (Wildman–Crippen LogP) is 5.64. The maximum absolute atomic E-state index is 10.6. The molecule has 1 aromatic carbocycles. The van der Waals surface area contributed by atoms with E-state index in [0.29, 0.717) is 11.7 Å². The molecule has 1 aromatic rings. The summed E-state index contributed by atoms with van der Waals surface area (Å²) < 4.78 is 6.53. The minimum Gasteiger partial charge on any atom is -0.508 e. The maximum Gasteiger partial charge on any atom is 0.127 e. The van der Waals surface area contributed by atoms with Crippen LogP contribution >= 0.6 is 0 Å². The summed E-state index contributed by atoms with van der Waals surface area (Å²) in [7, 11) is 0. The van der Waals surface area contributed by atoms with Gasteiger partial charge in [0.1, 0.15) is 17.1 Å². The summed E-state index contributed by atoms with van der Waals surface area (Å²) in [5.74, 6) is 1.86. The van der Waals surface area contributed by atoms with Crippen LogP contribution in [0.2, 0.25) is 0 Å². The van der Waals surface area contributed by atoms with Gasteiger partial charge in [-0.3, -0.25) is 0 Å². The van der Waals surface area contributed by atoms with Crippen molar-refractivity contribution in [3.63, 3.8) is 0 Å². The Morgan fingerprint density at radius 3 is 2.70 bits per heavy atom. The van der Waals surface area contributed by atoms with Crippen molar-refractivity contribution in [2.45, 2.75) is 84.7 Å². The van der Waals surface area contributed by atoms with Gasteiger partial charge in [-0.1, -0.05) is 33.6 Å². The largest absolute Gasteiger partial charge is 0.508 e. The van der Waals surface area contributed by atoms with E-state index in [1.54, 1.807) is 0 Å². The van der Waals surface area contributed by atoms with Gasteiger partial charge in [0, 0.05) is 11.5 Å². The van der Waals surface area contributed by atoms with Gasteiger partial charge in [0.05, 0.1) is 0 Å². The first-order chi connectivity index (χ1) is 10.9. The SMILES string of the molecule is CCCCCc1cc(O)c2c(c1)O[C@]1(C)CCCC(C)(C)[C@H]1C2. The second-order valence-corrected chi connectivity index (χ2v) is 8.56. The molecule has 2 nitrogen and oxygen atoms in total. The number of rotatable bonds is 4. The van der Waals surface area contributed by atoms with Crippen LogP contribution in [-0.2, 0) is 12.8 Å². The van der Waals surface area contributed by atoms with Gasteiger partial charge in [-0.15, -0.1) is 0 Å². The molecule has 1 heterocycles. The zero-order valence-electron chi connectivity index (χ0n) is 15.2. The molecule has 1 N–H and O–H groups in total. The third-order valence-corrected chi connectivity index (χ3v) is 6.24. The van der Waals surface area contributed by atoms with Crippen LogP contribution in [0.3, 0.4) is 0 Å². The fourth-order valence-electron chi connectivity index (χ4n) is 4.85. The molecule has 1 aliphatic carbocycles. The summed E-state index contributed by atoms with van der Waals surface area (Å²) in [6.07, 6.45) is 9.24. The van der Waals surface area contributed by atoms with Crippen LogP contribution in [0.4, 0.5) is 0 Å². The number of benzene rings is 1. The number of ether oxygens (including phenoxy) is 1. The third-order valence-electron chi connectivity index (χ3n) is 6.24. The molecule has 128 valence electrons. The van der Waals surface area contributed by atoms with Crippen LogP contribution in [0.1, 0.15) is 77.3 Å². The van der Waals surface area contributed by atoms with Crippen LogP contribution in [0.15, 0.2) is 12.1 Å². The normalized spacial score (nSPS) is 28.6. The van der Waals surface area contributed by atoms with Gasteiger partial charge in [-0.25, -0.2) is 0 Å². The van der Waals surface area contributed by atoms with Crippen LogP contribution in [0, 0.1) is 11.3 Å². The van der Waals surface area contributed by atoms with Gasteiger partial charge in [0.25, 0.3) is 0 Å². The minimum atomic E-state index is -0.0801. The van der Waals surface area contributed by atoms with E-state index in [1.165, 1.54) is 37.7 Å². The zero-order chi connectivity index (χ0) is 16.7. The Labute approximate surface area is 141 Å². The third kappa shape index (κ3) is 3.09. The van der Waals surface area contributed by atoms with Crippen LogP contribution in [0.5, 0.6) is 11.5 Å². The number of aryl methyl sites for hydroxylation is 1. The van der Waals surface area contributed by atoms with E-state index in [2.05, 4.69) is 33.8 Å². The minimum absolute atomic E-state index is 0.0801. The standard InChI is InChI=1S/C21H32O2/c1-5-6-7-9-15-12-17(22)16-14-19-20(2,3)10-8-11-21(19,4)23-18(16)13-15/h12-13,19,22H,5-11,14H2,1-4H3/t19-,21-/m1/s1. The first kappa shape index (κ1) is 16.7. The Bertz CT molecular complexity index is 575. The number of hydrogen-bond donors (Lipinski definition) is 1. The van der Waals surface area contributed by atoms with E-state index in [9.17, 15) is 5.11 Å². The summed E-state index contributed by atoms with van der Waals surface area (Å²) in [5, 5.41) is 10.6. The Balaban J connectivity index is 1.90. The molecule has 1 fully saturated rings. The van der Waals surface area contributed by atoms with E-state index in [1.807, 2.05) is 6.07 Å². The van der Waals surface area contributed by atoms with E-state index in [4.69, 9.17) is 4.74 Å². The second kappa shape index (κ2) is 6.03. The quantitative estimate of drug-likeness (QED) is 0.728. The van der Waals surface area contributed by atoms with Gasteiger partial charge >= 0.3 is 0 Å². The number of aromatic hydroxyl groups is 1. The highest BCUT2D eigenvalue weighted by Crippen LogP contribution is 2.54. The van der Waals surface area contributed by atoms with Crippen molar-refractivity contribution in [2.75, 3.05) is 0 Å². The van der Waals surface area contributed by atoms with Crippen molar-refractivity contribution in [2.24, 2.45) is 11.3 Å². The summed E-state index contributed by atoms with van der Waals surface area (Å²) in [6, 6.07) is 4.16. The lowest BCUT2D eigenvalue weighted by atomic mass is 9.59. The van der Waals surface area contributed by atoms with E-state index >= 15 is 0 Å². The number of phenolic OH excluding ortho intramolecular Hbond substituents is 1. The van der Waals surface area contributed by atoms with Gasteiger partial charge in [-0.05, 0) is 68.6 Å². The molecule has 0 aromatic heterocycles. The van der Waals surface area contributed by atoms with Crippen molar-refractivity contribution in [1.82, 2.24) is 0 Å². The van der Waals surface area contributed by atoms with Crippen molar-refractivity contribution < 1.29 is 9.84 Å². The number of phenols is 1. The summed E-state index contributed by atoms with van der Waals surface area (Å²) >= 11 is 0. The van der Waals surface area contributed by atoms with Gasteiger partial charge < -0.3 is 9.84 Å². The molecule has 2 heteroatoms. The smallest absolute Gasteiger partial charge is 0.127 e. The Morgan fingerprint density at radius 1 is 1.17 bits per heavy atom. The van der Waals surface area contributed by atoms with Crippen LogP contribution in [-0.4, -0.2) is 10.7 Å². The predicted molar refractivity (Wildman–Crippen MR) is 95.2 cm³/mol. The van der Waals surface area contributed by atoms with Crippen molar-refractivity contribution in [3.05, 3.63) is 23.3 Å². The van der Waals surface area contributed by atoms with Gasteiger partial charge in [0.15, 0.2) is 0 Å². The topological polar surface area (TPSA) is 29.5 Å². The van der Waals surface area contributed by atoms with Crippen LogP contribution < -0.4 is 4.74 Å². The van der Waals surface area contributed by atoms with Crippen molar-refractivity contribution >= 4 is 0 Å². The lowest BCUT2D eigenvalue weighted by molar-refractivity contribution is -0.0820. The zero-order valence-corrected chi connectivity index (χ0v) is 15.2. The second-order valence-electron chi connectivity index (χ2n) is 8.56. The van der Waals surface area contributed by atoms with Crippen molar-refractivity contribution in [1.29, 1.82) is 0 Å². The number of hydrogen-bond acceptors (Lipinski definition) is 2. The van der Waals surface area contributed by atoms with E-state index < -0.39 is 0 Å². The Kier molecular flexibility index (Phi) is 4.37. The number of fused-ring (bicyclic) bond motifs is 2. The average Bonchev–Trinajstić information content (AvgIpc) is 2.45. The molecule has 0 unspecified atom stereocenters. The molecule has 1 aliphatic heterocycles. The fraction of sp³-hybridized carbons (Fsp3) is 0.714. The van der Waals surface area contributed by atoms with Gasteiger partial charge in [0.2, 0.25) is 0 Å². The fourth-order valence-corrected chi connectivity index (χ4v) is 4.85. The Hall–Kier alpha value is -1.18. The molecular formula is C21H32O2. The highest BCUT2D eigenvalue weighted by atomic mass is 16.5. The summed E-state index contributed by atoms with van der Waals surface area (Å²) in [6.45, 7) is 9.22. The average molecular weight is 316 g/mol. The summed E-state index contributed by atoms with van der Waals surface area (Å²) in [4.78, 5) is 0. The molecule has 2 aliphatic rings. The monoisotopic (exact) mass is 316 g/mol. The highest BCUT2D eigenvalue weighted by molar-refractivity contribution is 5.49. The lowest BCUT2D eigenvalue weighted by Crippen LogP contribution is -2.53. The molecule has 0 bridgehead atoms. The van der Waals surface area contributed by atoms with E-state index in [-0.39, 0.29) is 11.0 Å². The Morgan fingerprint density at radius 2 is 1.96 bits per heavy atom. The molecule has 0 spiro atoms. The molecular weight excluding hydrogens is 284 g/mol. The molecule has 23 heavy (non-hydrogen) atoms. The summed E-state index contributed by atoms with van der Waals surface area (Å²) in [5.41, 5.74) is 2.44. The molecule has 1 saturated carbocycles.